The van der Waals surface area contributed by atoms with Crippen molar-refractivity contribution in [2.24, 2.45) is 0 Å². The lowest BCUT2D eigenvalue weighted by Crippen LogP contribution is -2.32. The number of fused-ring (bicyclic) bond motifs is 5. The first-order chi connectivity index (χ1) is 17.7. The molecular weight excluding hydrogens is 446 g/mol. The van der Waals surface area contributed by atoms with Crippen LogP contribution in [0.1, 0.15) is 84.8 Å². The Bertz CT molecular complexity index is 1230. The average molecular weight is 486 g/mol. The van der Waals surface area contributed by atoms with E-state index in [2.05, 4.69) is 51.2 Å². The molecule has 1 N–H and O–H groups in total. The van der Waals surface area contributed by atoms with Gasteiger partial charge in [-0.1, -0.05) is 49.6 Å². The molecule has 190 valence electrons. The summed E-state index contributed by atoms with van der Waals surface area (Å²) in [5.41, 5.74) is 7.50. The topological polar surface area (TPSA) is 46.5 Å². The standard InChI is InChI=1S/C31H39N3O2/c1-36-31(35)23-13-14-26-28(21-23)34-19-15-27(32-16-20-33-17-7-8-18-33)24-11-5-6-12-25(24)30(34)29(26)22-9-3-2-4-10-22/h5-6,11-14,21-22,27,32H,2-4,7-10,15-20H2,1H3. The van der Waals surface area contributed by atoms with Gasteiger partial charge in [0.2, 0.25) is 0 Å². The van der Waals surface area contributed by atoms with E-state index < -0.39 is 0 Å². The van der Waals surface area contributed by atoms with Crippen LogP contribution in [0.25, 0.3) is 22.2 Å². The normalized spacial score (nSPS) is 20.8. The van der Waals surface area contributed by atoms with E-state index in [-0.39, 0.29) is 5.97 Å². The highest BCUT2D eigenvalue weighted by molar-refractivity contribution is 5.99. The Labute approximate surface area is 214 Å². The molecule has 2 aliphatic heterocycles. The van der Waals surface area contributed by atoms with Crippen LogP contribution in [0.2, 0.25) is 0 Å². The first-order valence-electron chi connectivity index (χ1n) is 14.0. The first-order valence-corrected chi connectivity index (χ1v) is 14.0. The summed E-state index contributed by atoms with van der Waals surface area (Å²) in [5.74, 6) is 0.316. The predicted octanol–water partition coefficient (Wildman–Crippen LogP) is 6.27. The fourth-order valence-electron chi connectivity index (χ4n) is 6.99. The number of hydrogen-bond acceptors (Lipinski definition) is 4. The Morgan fingerprint density at radius 1 is 0.972 bits per heavy atom. The zero-order valence-corrected chi connectivity index (χ0v) is 21.6. The van der Waals surface area contributed by atoms with Crippen LogP contribution in [0.4, 0.5) is 0 Å². The highest BCUT2D eigenvalue weighted by atomic mass is 16.5. The maximum Gasteiger partial charge on any atom is 0.337 e. The van der Waals surface area contributed by atoms with E-state index in [1.54, 1.807) is 0 Å². The number of esters is 1. The van der Waals surface area contributed by atoms with E-state index in [9.17, 15) is 4.79 Å². The molecule has 1 saturated carbocycles. The molecule has 3 aromatic rings. The smallest absolute Gasteiger partial charge is 0.337 e. The lowest BCUT2D eigenvalue weighted by Gasteiger charge is -2.24. The van der Waals surface area contributed by atoms with Crippen molar-refractivity contribution in [1.82, 2.24) is 14.8 Å². The molecule has 3 heterocycles. The number of carbonyl (C=O) groups is 1. The summed E-state index contributed by atoms with van der Waals surface area (Å²) in [7, 11) is 1.47. The van der Waals surface area contributed by atoms with Crippen molar-refractivity contribution >= 4 is 16.9 Å². The largest absolute Gasteiger partial charge is 0.465 e. The number of nitrogens with zero attached hydrogens (tertiary/aromatic N) is 2. The summed E-state index contributed by atoms with van der Waals surface area (Å²) < 4.78 is 7.60. The Kier molecular flexibility index (Phi) is 6.85. The van der Waals surface area contributed by atoms with Crippen LogP contribution in [0.15, 0.2) is 42.5 Å². The number of methoxy groups -OCH3 is 1. The predicted molar refractivity (Wildman–Crippen MR) is 146 cm³/mol. The fourth-order valence-corrected chi connectivity index (χ4v) is 6.99. The quantitative estimate of drug-likeness (QED) is 0.418. The average Bonchev–Trinajstić information content (AvgIpc) is 3.52. The third kappa shape index (κ3) is 4.37. The van der Waals surface area contributed by atoms with E-state index in [4.69, 9.17) is 4.74 Å². The summed E-state index contributed by atoms with van der Waals surface area (Å²) in [5, 5.41) is 5.25. The molecule has 5 nitrogen and oxygen atoms in total. The molecule has 1 aromatic heterocycles. The number of aromatic nitrogens is 1. The minimum absolute atomic E-state index is 0.262. The van der Waals surface area contributed by atoms with E-state index in [0.29, 0.717) is 17.5 Å². The molecule has 36 heavy (non-hydrogen) atoms. The molecule has 3 aliphatic rings. The van der Waals surface area contributed by atoms with Crippen LogP contribution in [0.3, 0.4) is 0 Å². The SMILES string of the molecule is COC(=O)c1ccc2c(C3CCCCC3)c3n(c2c1)CCC(NCCN1CCCC1)c1ccccc1-3. The number of likely N-dealkylation sites (tertiary alicyclic amines) is 1. The Balaban J connectivity index is 1.44. The van der Waals surface area contributed by atoms with Gasteiger partial charge in [0.1, 0.15) is 0 Å². The maximum absolute atomic E-state index is 12.4. The molecule has 0 spiro atoms. The molecule has 1 saturated heterocycles. The van der Waals surface area contributed by atoms with Gasteiger partial charge in [-0.15, -0.1) is 0 Å². The molecule has 6 rings (SSSR count). The van der Waals surface area contributed by atoms with Gasteiger partial charge in [-0.25, -0.2) is 4.79 Å². The van der Waals surface area contributed by atoms with E-state index >= 15 is 0 Å². The van der Waals surface area contributed by atoms with Crippen molar-refractivity contribution in [1.29, 1.82) is 0 Å². The fraction of sp³-hybridized carbons (Fsp3) is 0.516. The summed E-state index contributed by atoms with van der Waals surface area (Å²) in [6.45, 7) is 5.58. The number of carbonyl (C=O) groups excluding carboxylic acids is 1. The second-order valence-corrected chi connectivity index (χ2v) is 10.9. The summed E-state index contributed by atoms with van der Waals surface area (Å²) >= 11 is 0. The van der Waals surface area contributed by atoms with Gasteiger partial charge in [0.25, 0.3) is 0 Å². The zero-order valence-electron chi connectivity index (χ0n) is 21.6. The molecular formula is C31H39N3O2. The number of aryl methyl sites for hydroxylation is 1. The van der Waals surface area contributed by atoms with Crippen molar-refractivity contribution in [3.63, 3.8) is 0 Å². The minimum atomic E-state index is -0.262. The van der Waals surface area contributed by atoms with Crippen LogP contribution in [0.5, 0.6) is 0 Å². The highest BCUT2D eigenvalue weighted by Crippen LogP contribution is 2.47. The molecule has 1 atom stereocenters. The van der Waals surface area contributed by atoms with Gasteiger partial charge >= 0.3 is 5.97 Å². The Hall–Kier alpha value is -2.63. The Morgan fingerprint density at radius 2 is 1.78 bits per heavy atom. The van der Waals surface area contributed by atoms with Crippen molar-refractivity contribution in [2.75, 3.05) is 33.3 Å². The number of hydrogen-bond donors (Lipinski definition) is 1. The molecule has 5 heteroatoms. The van der Waals surface area contributed by atoms with Crippen LogP contribution < -0.4 is 5.32 Å². The monoisotopic (exact) mass is 485 g/mol. The minimum Gasteiger partial charge on any atom is -0.465 e. The number of benzene rings is 2. The lowest BCUT2D eigenvalue weighted by molar-refractivity contribution is 0.0601. The van der Waals surface area contributed by atoms with Gasteiger partial charge in [0, 0.05) is 42.1 Å². The van der Waals surface area contributed by atoms with E-state index in [0.717, 1.165) is 26.1 Å². The third-order valence-corrected chi connectivity index (χ3v) is 8.79. The number of rotatable bonds is 6. The number of nitrogens with one attached hydrogen (secondary N) is 1. The molecule has 2 fully saturated rings. The van der Waals surface area contributed by atoms with Crippen LogP contribution in [-0.4, -0.2) is 48.7 Å². The molecule has 0 radical (unpaired) electrons. The van der Waals surface area contributed by atoms with Gasteiger partial charge in [-0.2, -0.15) is 0 Å². The first kappa shape index (κ1) is 23.7. The highest BCUT2D eigenvalue weighted by Gasteiger charge is 2.31. The van der Waals surface area contributed by atoms with E-state index in [1.807, 2.05) is 6.07 Å². The number of ether oxygens (including phenoxy) is 1. The van der Waals surface area contributed by atoms with Crippen LogP contribution >= 0.6 is 0 Å². The zero-order chi connectivity index (χ0) is 24.5. The molecule has 0 amide bonds. The van der Waals surface area contributed by atoms with Gasteiger partial charge in [-0.3, -0.25) is 0 Å². The van der Waals surface area contributed by atoms with Crippen molar-refractivity contribution < 1.29 is 9.53 Å². The summed E-state index contributed by atoms with van der Waals surface area (Å²) in [4.78, 5) is 15.0. The summed E-state index contributed by atoms with van der Waals surface area (Å²) in [6.07, 6.45) is 10.2. The third-order valence-electron chi connectivity index (χ3n) is 8.79. The van der Waals surface area contributed by atoms with Gasteiger partial charge in [0.15, 0.2) is 0 Å². The van der Waals surface area contributed by atoms with E-state index in [1.165, 1.54) is 98.4 Å². The lowest BCUT2D eigenvalue weighted by atomic mass is 9.81. The molecule has 1 aliphatic carbocycles. The van der Waals surface area contributed by atoms with Gasteiger partial charge in [-0.05, 0) is 74.4 Å². The van der Waals surface area contributed by atoms with Gasteiger partial charge < -0.3 is 19.5 Å². The van der Waals surface area contributed by atoms with Crippen LogP contribution in [0, 0.1) is 0 Å². The van der Waals surface area contributed by atoms with Crippen molar-refractivity contribution in [3.8, 4) is 11.3 Å². The maximum atomic E-state index is 12.4. The van der Waals surface area contributed by atoms with Crippen molar-refractivity contribution in [3.05, 3.63) is 59.2 Å². The Morgan fingerprint density at radius 3 is 2.58 bits per heavy atom. The molecule has 2 aromatic carbocycles. The molecule has 1 unspecified atom stereocenters. The van der Waals surface area contributed by atoms with Crippen molar-refractivity contribution in [2.45, 2.75) is 69.9 Å². The second kappa shape index (κ2) is 10.4. The van der Waals surface area contributed by atoms with Crippen LogP contribution in [-0.2, 0) is 11.3 Å². The van der Waals surface area contributed by atoms with Gasteiger partial charge in [0.05, 0.1) is 18.4 Å². The summed E-state index contributed by atoms with van der Waals surface area (Å²) in [6, 6.07) is 15.6. The second-order valence-electron chi connectivity index (χ2n) is 10.9. The molecule has 0 bridgehead atoms.